The maximum Gasteiger partial charge on any atom is 0.257 e. The van der Waals surface area contributed by atoms with Crippen molar-refractivity contribution in [3.63, 3.8) is 0 Å². The average Bonchev–Trinajstić information content (AvgIpc) is 3.20. The van der Waals surface area contributed by atoms with Crippen LogP contribution in [0.1, 0.15) is 4.88 Å². The summed E-state index contributed by atoms with van der Waals surface area (Å²) in [5, 5.41) is 9.32. The Balaban J connectivity index is 1.73. The Morgan fingerprint density at radius 2 is 2.10 bits per heavy atom. The lowest BCUT2D eigenvalue weighted by atomic mass is 10.3. The monoisotopic (exact) mass is 302 g/mol. The molecule has 108 valence electrons. The summed E-state index contributed by atoms with van der Waals surface area (Å²) in [7, 11) is 0. The normalized spacial score (nSPS) is 10.5. The minimum Gasteiger partial charge on any atom is -0.354 e. The van der Waals surface area contributed by atoms with Gasteiger partial charge >= 0.3 is 0 Å². The van der Waals surface area contributed by atoms with Crippen LogP contribution in [0.15, 0.2) is 36.0 Å². The van der Waals surface area contributed by atoms with Gasteiger partial charge in [-0.25, -0.2) is 10.5 Å². The van der Waals surface area contributed by atoms with E-state index in [1.54, 1.807) is 34.5 Å². The van der Waals surface area contributed by atoms with Crippen LogP contribution in [0, 0.1) is 0 Å². The van der Waals surface area contributed by atoms with Crippen molar-refractivity contribution in [3.8, 4) is 5.95 Å². The minimum atomic E-state index is 0.286. The van der Waals surface area contributed by atoms with E-state index in [9.17, 15) is 0 Å². The number of nitrogens with zero attached hydrogens (tertiary/aromatic N) is 5. The Morgan fingerprint density at radius 3 is 2.81 bits per heavy atom. The molecule has 0 unspecified atom stereocenters. The summed E-state index contributed by atoms with van der Waals surface area (Å²) in [6.45, 7) is 0.729. The molecule has 0 saturated carbocycles. The molecule has 0 spiro atoms. The first-order valence-electron chi connectivity index (χ1n) is 6.34. The molecule has 3 heterocycles. The lowest BCUT2D eigenvalue weighted by Gasteiger charge is -2.08. The molecule has 0 radical (unpaired) electrons. The molecule has 3 aromatic heterocycles. The number of nitrogens with one attached hydrogen (secondary N) is 2. The Kier molecular flexibility index (Phi) is 4.03. The molecular formula is C12H14N8S. The van der Waals surface area contributed by atoms with E-state index >= 15 is 0 Å². The van der Waals surface area contributed by atoms with Crippen molar-refractivity contribution in [1.29, 1.82) is 0 Å². The number of nitrogens with two attached hydrogens (primary N) is 1. The number of thiophene rings is 1. The highest BCUT2D eigenvalue weighted by molar-refractivity contribution is 7.09. The van der Waals surface area contributed by atoms with Crippen LogP contribution >= 0.6 is 11.3 Å². The van der Waals surface area contributed by atoms with E-state index in [0.29, 0.717) is 11.9 Å². The van der Waals surface area contributed by atoms with Gasteiger partial charge in [0.2, 0.25) is 11.9 Å². The van der Waals surface area contributed by atoms with Gasteiger partial charge in [-0.1, -0.05) is 6.07 Å². The smallest absolute Gasteiger partial charge is 0.257 e. The third kappa shape index (κ3) is 3.33. The van der Waals surface area contributed by atoms with E-state index in [1.807, 2.05) is 6.07 Å². The summed E-state index contributed by atoms with van der Waals surface area (Å²) in [5.74, 6) is 6.54. The molecule has 0 aliphatic heterocycles. The van der Waals surface area contributed by atoms with Gasteiger partial charge in [-0.15, -0.1) is 11.3 Å². The molecule has 3 rings (SSSR count). The highest BCUT2D eigenvalue weighted by Gasteiger charge is 2.07. The highest BCUT2D eigenvalue weighted by atomic mass is 32.1. The maximum atomic E-state index is 5.39. The number of hydrogen-bond acceptors (Lipinski definition) is 8. The minimum absolute atomic E-state index is 0.286. The Bertz CT molecular complexity index is 679. The van der Waals surface area contributed by atoms with E-state index in [0.717, 1.165) is 13.0 Å². The predicted octanol–water partition coefficient (Wildman–Crippen LogP) is 1.06. The highest BCUT2D eigenvalue weighted by Crippen LogP contribution is 2.11. The zero-order valence-corrected chi connectivity index (χ0v) is 11.9. The van der Waals surface area contributed by atoms with Crippen LogP contribution in [0.2, 0.25) is 0 Å². The van der Waals surface area contributed by atoms with E-state index in [-0.39, 0.29) is 5.95 Å². The van der Waals surface area contributed by atoms with Crippen molar-refractivity contribution in [1.82, 2.24) is 24.7 Å². The topological polar surface area (TPSA) is 107 Å². The van der Waals surface area contributed by atoms with Gasteiger partial charge in [0.15, 0.2) is 0 Å². The van der Waals surface area contributed by atoms with Crippen LogP contribution in [0.25, 0.3) is 5.95 Å². The van der Waals surface area contributed by atoms with Gasteiger partial charge in [-0.05, 0) is 23.9 Å². The second-order valence-corrected chi connectivity index (χ2v) is 5.17. The lowest BCUT2D eigenvalue weighted by molar-refractivity contribution is 0.795. The molecule has 3 aromatic rings. The van der Waals surface area contributed by atoms with Gasteiger partial charge in [0.25, 0.3) is 5.95 Å². The molecule has 0 aliphatic carbocycles. The Labute approximate surface area is 125 Å². The molecule has 0 aromatic carbocycles. The van der Waals surface area contributed by atoms with Crippen molar-refractivity contribution in [2.24, 2.45) is 5.84 Å². The number of aromatic nitrogens is 5. The summed E-state index contributed by atoms with van der Waals surface area (Å²) in [6, 6.07) is 5.93. The summed E-state index contributed by atoms with van der Waals surface area (Å²) in [6.07, 6.45) is 4.32. The quantitative estimate of drug-likeness (QED) is 0.461. The molecular weight excluding hydrogens is 288 g/mol. The van der Waals surface area contributed by atoms with Crippen molar-refractivity contribution in [2.45, 2.75) is 6.42 Å². The van der Waals surface area contributed by atoms with Gasteiger partial charge in [0, 0.05) is 23.8 Å². The molecule has 0 amide bonds. The van der Waals surface area contributed by atoms with Crippen molar-refractivity contribution in [3.05, 3.63) is 40.8 Å². The molecule has 0 atom stereocenters. The summed E-state index contributed by atoms with van der Waals surface area (Å²) >= 11 is 1.73. The first kappa shape index (κ1) is 13.5. The summed E-state index contributed by atoms with van der Waals surface area (Å²) < 4.78 is 1.55. The lowest BCUT2D eigenvalue weighted by Crippen LogP contribution is -2.16. The standard InChI is InChI=1S/C12H14N8S/c13-19-11-16-10(14-6-4-9-3-1-8-21-9)17-12(18-11)20-7-2-5-15-20/h1-3,5,7-8H,4,6,13H2,(H2,14,16,17,18,19). The van der Waals surface area contributed by atoms with Crippen LogP contribution in [0.4, 0.5) is 11.9 Å². The number of rotatable bonds is 6. The average molecular weight is 302 g/mol. The number of hydrazine groups is 1. The predicted molar refractivity (Wildman–Crippen MR) is 81.3 cm³/mol. The van der Waals surface area contributed by atoms with Gasteiger partial charge in [0.1, 0.15) is 0 Å². The molecule has 4 N–H and O–H groups in total. The maximum absolute atomic E-state index is 5.39. The largest absolute Gasteiger partial charge is 0.354 e. The third-order valence-corrected chi connectivity index (χ3v) is 3.63. The molecule has 0 bridgehead atoms. The van der Waals surface area contributed by atoms with E-state index in [1.165, 1.54) is 4.88 Å². The third-order valence-electron chi connectivity index (χ3n) is 2.70. The van der Waals surface area contributed by atoms with Gasteiger partial charge in [-0.3, -0.25) is 5.43 Å². The second kappa shape index (κ2) is 6.29. The first-order valence-corrected chi connectivity index (χ1v) is 7.22. The first-order chi connectivity index (χ1) is 10.3. The van der Waals surface area contributed by atoms with E-state index < -0.39 is 0 Å². The molecule has 0 fully saturated rings. The second-order valence-electron chi connectivity index (χ2n) is 4.13. The van der Waals surface area contributed by atoms with Crippen LogP contribution in [-0.4, -0.2) is 31.3 Å². The Morgan fingerprint density at radius 1 is 1.19 bits per heavy atom. The molecule has 0 aliphatic rings. The Hall–Kier alpha value is -2.52. The zero-order valence-electron chi connectivity index (χ0n) is 11.1. The molecule has 9 heteroatoms. The number of hydrogen-bond donors (Lipinski definition) is 3. The fourth-order valence-electron chi connectivity index (χ4n) is 1.75. The van der Waals surface area contributed by atoms with Crippen molar-refractivity contribution in [2.75, 3.05) is 17.3 Å². The van der Waals surface area contributed by atoms with Gasteiger partial charge in [0.05, 0.1) is 0 Å². The summed E-state index contributed by atoms with van der Waals surface area (Å²) in [5.41, 5.74) is 2.43. The van der Waals surface area contributed by atoms with Crippen LogP contribution in [0.3, 0.4) is 0 Å². The number of nitrogen functional groups attached to an aromatic ring is 1. The molecule has 21 heavy (non-hydrogen) atoms. The van der Waals surface area contributed by atoms with Crippen molar-refractivity contribution >= 4 is 23.2 Å². The zero-order chi connectivity index (χ0) is 14.5. The number of anilines is 2. The van der Waals surface area contributed by atoms with Crippen molar-refractivity contribution < 1.29 is 0 Å². The fraction of sp³-hybridized carbons (Fsp3) is 0.167. The van der Waals surface area contributed by atoms with Gasteiger partial charge in [-0.2, -0.15) is 20.1 Å². The van der Waals surface area contributed by atoms with Crippen LogP contribution in [-0.2, 0) is 6.42 Å². The molecule has 8 nitrogen and oxygen atoms in total. The van der Waals surface area contributed by atoms with Gasteiger partial charge < -0.3 is 5.32 Å². The van der Waals surface area contributed by atoms with Crippen LogP contribution < -0.4 is 16.6 Å². The summed E-state index contributed by atoms with van der Waals surface area (Å²) in [4.78, 5) is 14.0. The molecule has 0 saturated heterocycles. The SMILES string of the molecule is NNc1nc(NCCc2cccs2)nc(-n2cccn2)n1. The fourth-order valence-corrected chi connectivity index (χ4v) is 2.46. The van der Waals surface area contributed by atoms with E-state index in [2.05, 4.69) is 42.2 Å². The van der Waals surface area contributed by atoms with E-state index in [4.69, 9.17) is 5.84 Å². The van der Waals surface area contributed by atoms with Crippen LogP contribution in [0.5, 0.6) is 0 Å².